The number of halogens is 1. The first-order valence-corrected chi connectivity index (χ1v) is 8.66. The molecular weight excluding hydrogens is 339 g/mol. The highest BCUT2D eigenvalue weighted by Gasteiger charge is 2.30. The van der Waals surface area contributed by atoms with Gasteiger partial charge < -0.3 is 0 Å². The highest BCUT2D eigenvalue weighted by Crippen LogP contribution is 2.43. The number of fused-ring (bicyclic) bond motifs is 3. The minimum atomic E-state index is -0.461. The maximum Gasteiger partial charge on any atom is 0.195 e. The van der Waals surface area contributed by atoms with E-state index in [0.29, 0.717) is 38.6 Å². The molecule has 0 radical (unpaired) electrons. The Morgan fingerprint density at radius 2 is 1.07 bits per heavy atom. The number of benzene rings is 3. The Kier molecular flexibility index (Phi) is 3.31. The minimum Gasteiger partial charge on any atom is -0.289 e. The van der Waals surface area contributed by atoms with Crippen molar-refractivity contribution in [3.8, 4) is 33.4 Å². The van der Waals surface area contributed by atoms with Crippen molar-refractivity contribution < 1.29 is 4.39 Å². The molecule has 0 atom stereocenters. The largest absolute Gasteiger partial charge is 0.289 e. The molecule has 0 spiro atoms. The molecule has 5 rings (SSSR count). The Balaban J connectivity index is 2.01. The Morgan fingerprint density at radius 3 is 1.67 bits per heavy atom. The van der Waals surface area contributed by atoms with Gasteiger partial charge in [0.25, 0.3) is 0 Å². The number of hydrogen-bond donors (Lipinski definition) is 0. The molecule has 2 aliphatic rings. The van der Waals surface area contributed by atoms with Gasteiger partial charge in [-0.3, -0.25) is 9.59 Å². The summed E-state index contributed by atoms with van der Waals surface area (Å²) in [6, 6.07) is 22.7. The molecule has 27 heavy (non-hydrogen) atoms. The number of rotatable bonds is 2. The zero-order chi connectivity index (χ0) is 18.5. The lowest BCUT2D eigenvalue weighted by atomic mass is 10.0. The summed E-state index contributed by atoms with van der Waals surface area (Å²) in [5.74, 6) is -0.461. The Hall–Kier alpha value is -3.59. The second-order valence-electron chi connectivity index (χ2n) is 6.58. The summed E-state index contributed by atoms with van der Waals surface area (Å²) >= 11 is 0. The molecule has 3 aromatic carbocycles. The van der Waals surface area contributed by atoms with Crippen LogP contribution in [-0.4, -0.2) is 0 Å². The molecule has 0 saturated heterocycles. The third-order valence-corrected chi connectivity index (χ3v) is 5.05. The summed E-state index contributed by atoms with van der Waals surface area (Å²) in [7, 11) is 0. The van der Waals surface area contributed by atoms with Crippen LogP contribution in [0.15, 0.2) is 88.5 Å². The second-order valence-corrected chi connectivity index (χ2v) is 6.58. The second kappa shape index (κ2) is 5.71. The Bertz CT molecular complexity index is 1340. The van der Waals surface area contributed by atoms with Crippen LogP contribution < -0.4 is 10.9 Å². The number of hydrogen-bond acceptors (Lipinski definition) is 2. The van der Waals surface area contributed by atoms with Gasteiger partial charge in [0.2, 0.25) is 0 Å². The van der Waals surface area contributed by atoms with E-state index in [2.05, 4.69) is 0 Å². The van der Waals surface area contributed by atoms with Gasteiger partial charge >= 0.3 is 0 Å². The lowest BCUT2D eigenvalue weighted by molar-refractivity contribution is 0.630. The SMILES string of the molecule is O=c1c(-c2ccccc2)c2c(=O)c3cc(F)ccc3c-2c1-c1ccccc1. The van der Waals surface area contributed by atoms with Gasteiger partial charge in [0.1, 0.15) is 5.82 Å². The van der Waals surface area contributed by atoms with E-state index in [-0.39, 0.29) is 10.9 Å². The molecule has 0 heterocycles. The van der Waals surface area contributed by atoms with Crippen LogP contribution in [0, 0.1) is 5.82 Å². The van der Waals surface area contributed by atoms with Crippen molar-refractivity contribution in [1.82, 2.24) is 0 Å². The third kappa shape index (κ3) is 2.18. The van der Waals surface area contributed by atoms with E-state index < -0.39 is 5.82 Å². The molecule has 2 aliphatic carbocycles. The summed E-state index contributed by atoms with van der Waals surface area (Å²) < 4.78 is 13.8. The van der Waals surface area contributed by atoms with Gasteiger partial charge in [0.05, 0.1) is 0 Å². The van der Waals surface area contributed by atoms with E-state index in [1.54, 1.807) is 6.07 Å². The predicted molar refractivity (Wildman–Crippen MR) is 106 cm³/mol. The van der Waals surface area contributed by atoms with Gasteiger partial charge in [-0.2, -0.15) is 0 Å². The molecule has 0 fully saturated rings. The molecular formula is C24H13FO2. The van der Waals surface area contributed by atoms with E-state index >= 15 is 0 Å². The monoisotopic (exact) mass is 352 g/mol. The zero-order valence-electron chi connectivity index (χ0n) is 14.2. The van der Waals surface area contributed by atoms with Gasteiger partial charge in [-0.15, -0.1) is 0 Å². The topological polar surface area (TPSA) is 34.1 Å². The highest BCUT2D eigenvalue weighted by molar-refractivity contribution is 6.13. The molecule has 2 nitrogen and oxygen atoms in total. The average Bonchev–Trinajstić information content (AvgIpc) is 3.15. The van der Waals surface area contributed by atoms with E-state index in [9.17, 15) is 14.0 Å². The van der Waals surface area contributed by atoms with Crippen LogP contribution in [0.4, 0.5) is 4.39 Å². The summed E-state index contributed by atoms with van der Waals surface area (Å²) in [5, 5.41) is 0.934. The molecule has 3 aromatic rings. The van der Waals surface area contributed by atoms with Crippen LogP contribution in [0.25, 0.3) is 44.2 Å². The first-order chi connectivity index (χ1) is 13.2. The van der Waals surface area contributed by atoms with Crippen molar-refractivity contribution in [3.05, 3.63) is 105 Å². The van der Waals surface area contributed by atoms with Gasteiger partial charge in [-0.25, -0.2) is 4.39 Å². The fourth-order valence-electron chi connectivity index (χ4n) is 3.92. The van der Waals surface area contributed by atoms with Gasteiger partial charge in [0.15, 0.2) is 10.9 Å². The lowest BCUT2D eigenvalue weighted by Gasteiger charge is -2.01. The first-order valence-electron chi connectivity index (χ1n) is 8.66. The maximum absolute atomic E-state index is 13.8. The summed E-state index contributed by atoms with van der Waals surface area (Å²) in [6.45, 7) is 0. The standard InChI is InChI=1S/C24H13FO2/c25-16-11-12-17-18(13-16)23(26)22-20(15-9-5-2-6-10-15)24(27)19(21(17)22)14-7-3-1-4-8-14/h1-13H. The van der Waals surface area contributed by atoms with Crippen molar-refractivity contribution >= 4 is 10.8 Å². The Morgan fingerprint density at radius 1 is 0.519 bits per heavy atom. The van der Waals surface area contributed by atoms with Crippen molar-refractivity contribution in [2.45, 2.75) is 0 Å². The zero-order valence-corrected chi connectivity index (χ0v) is 14.2. The fourth-order valence-corrected chi connectivity index (χ4v) is 3.92. The first kappa shape index (κ1) is 15.6. The summed E-state index contributed by atoms with van der Waals surface area (Å²) in [6.07, 6.45) is 0. The maximum atomic E-state index is 13.8. The van der Waals surface area contributed by atoms with Crippen LogP contribution >= 0.6 is 0 Å². The van der Waals surface area contributed by atoms with Crippen molar-refractivity contribution in [2.75, 3.05) is 0 Å². The summed E-state index contributed by atoms with van der Waals surface area (Å²) in [4.78, 5) is 26.5. The highest BCUT2D eigenvalue weighted by atomic mass is 19.1. The van der Waals surface area contributed by atoms with Crippen molar-refractivity contribution in [1.29, 1.82) is 0 Å². The molecule has 0 amide bonds. The molecule has 3 heteroatoms. The Labute approximate surface area is 154 Å². The summed E-state index contributed by atoms with van der Waals surface area (Å²) in [5.41, 5.74) is 2.89. The van der Waals surface area contributed by atoms with E-state index in [1.807, 2.05) is 60.7 Å². The van der Waals surface area contributed by atoms with Crippen LogP contribution in [0.3, 0.4) is 0 Å². The molecule has 0 unspecified atom stereocenters. The normalized spacial score (nSPS) is 11.4. The van der Waals surface area contributed by atoms with Crippen LogP contribution in [-0.2, 0) is 0 Å². The van der Waals surface area contributed by atoms with Crippen molar-refractivity contribution in [2.24, 2.45) is 0 Å². The van der Waals surface area contributed by atoms with Gasteiger partial charge in [-0.05, 0) is 28.6 Å². The van der Waals surface area contributed by atoms with E-state index in [4.69, 9.17) is 0 Å². The molecule has 128 valence electrons. The van der Waals surface area contributed by atoms with Gasteiger partial charge in [0, 0.05) is 27.6 Å². The molecule has 0 bridgehead atoms. The smallest absolute Gasteiger partial charge is 0.195 e. The molecule has 0 aliphatic heterocycles. The van der Waals surface area contributed by atoms with Gasteiger partial charge in [-0.1, -0.05) is 66.7 Å². The minimum absolute atomic E-state index is 0.166. The fraction of sp³-hybridized carbons (Fsp3) is 0. The van der Waals surface area contributed by atoms with Crippen LogP contribution in [0.5, 0.6) is 0 Å². The molecule has 0 aromatic heterocycles. The van der Waals surface area contributed by atoms with E-state index in [0.717, 1.165) is 5.56 Å². The average molecular weight is 352 g/mol. The van der Waals surface area contributed by atoms with Crippen LogP contribution in [0.1, 0.15) is 0 Å². The molecule has 0 N–H and O–H groups in total. The lowest BCUT2D eigenvalue weighted by Crippen LogP contribution is -2.04. The van der Waals surface area contributed by atoms with Crippen LogP contribution in [0.2, 0.25) is 0 Å². The quantitative estimate of drug-likeness (QED) is 0.447. The van der Waals surface area contributed by atoms with E-state index in [1.165, 1.54) is 12.1 Å². The third-order valence-electron chi connectivity index (χ3n) is 5.05. The van der Waals surface area contributed by atoms with Crippen molar-refractivity contribution in [3.63, 3.8) is 0 Å². The molecule has 0 saturated carbocycles. The predicted octanol–water partition coefficient (Wildman–Crippen LogP) is 5.01.